The van der Waals surface area contributed by atoms with Crippen LogP contribution in [0.4, 0.5) is 0 Å². The fourth-order valence-electron chi connectivity index (χ4n) is 2.51. The molecule has 2 rings (SSSR count). The molecule has 1 saturated heterocycles. The number of aromatic nitrogens is 2. The van der Waals surface area contributed by atoms with Crippen LogP contribution in [0.25, 0.3) is 0 Å². The van der Waals surface area contributed by atoms with Crippen LogP contribution in [0.5, 0.6) is 0 Å². The van der Waals surface area contributed by atoms with Crippen molar-refractivity contribution in [2.24, 2.45) is 14.1 Å². The summed E-state index contributed by atoms with van der Waals surface area (Å²) in [5.41, 5.74) is -0.0898. The fourth-order valence-corrected chi connectivity index (χ4v) is 2.51. The Labute approximate surface area is 141 Å². The van der Waals surface area contributed by atoms with E-state index in [4.69, 9.17) is 0 Å². The minimum atomic E-state index is -0.357. The maximum absolute atomic E-state index is 12.2. The second-order valence-corrected chi connectivity index (χ2v) is 5.68. The highest BCUT2D eigenvalue weighted by atomic mass is 35.5. The lowest BCUT2D eigenvalue weighted by Crippen LogP contribution is -2.49. The SMILES string of the molecule is CN(CC(=O)N1CCNCC1)Cc1cc(=O)n(C)c(=O)n1C.Cl. The van der Waals surface area contributed by atoms with E-state index < -0.39 is 0 Å². The number of hydrogen-bond donors (Lipinski definition) is 1. The van der Waals surface area contributed by atoms with Gasteiger partial charge in [-0.25, -0.2) is 4.79 Å². The number of nitrogens with one attached hydrogen (secondary N) is 1. The molecule has 0 bridgehead atoms. The smallest absolute Gasteiger partial charge is 0.330 e. The van der Waals surface area contributed by atoms with Crippen molar-refractivity contribution in [1.82, 2.24) is 24.3 Å². The highest BCUT2D eigenvalue weighted by Gasteiger charge is 2.18. The molecule has 1 fully saturated rings. The van der Waals surface area contributed by atoms with Crippen molar-refractivity contribution in [3.05, 3.63) is 32.6 Å². The maximum atomic E-state index is 12.2. The zero-order valence-corrected chi connectivity index (χ0v) is 14.6. The number of carbonyl (C=O) groups excluding carboxylic acids is 1. The molecule has 8 nitrogen and oxygen atoms in total. The average molecular weight is 346 g/mol. The summed E-state index contributed by atoms with van der Waals surface area (Å²) in [5, 5.41) is 3.21. The highest BCUT2D eigenvalue weighted by molar-refractivity contribution is 5.85. The number of nitrogens with zero attached hydrogens (tertiary/aromatic N) is 4. The largest absolute Gasteiger partial charge is 0.339 e. The van der Waals surface area contributed by atoms with Gasteiger partial charge in [-0.2, -0.15) is 0 Å². The number of carbonyl (C=O) groups is 1. The summed E-state index contributed by atoms with van der Waals surface area (Å²) in [6, 6.07) is 1.44. The Bertz CT molecular complexity index is 663. The summed E-state index contributed by atoms with van der Waals surface area (Å²) in [4.78, 5) is 39.4. The number of piperazine rings is 1. The van der Waals surface area contributed by atoms with Crippen molar-refractivity contribution in [3.8, 4) is 0 Å². The van der Waals surface area contributed by atoms with Crippen LogP contribution in [0.15, 0.2) is 15.7 Å². The van der Waals surface area contributed by atoms with Gasteiger partial charge >= 0.3 is 5.69 Å². The molecule has 1 aromatic heterocycles. The van der Waals surface area contributed by atoms with E-state index >= 15 is 0 Å². The molecule has 1 aromatic rings. The first-order chi connectivity index (χ1) is 10.4. The van der Waals surface area contributed by atoms with Crippen LogP contribution in [0.1, 0.15) is 5.69 Å². The predicted molar refractivity (Wildman–Crippen MR) is 90.0 cm³/mol. The lowest BCUT2D eigenvalue weighted by atomic mass is 10.3. The minimum absolute atomic E-state index is 0. The van der Waals surface area contributed by atoms with Crippen LogP contribution in [0.2, 0.25) is 0 Å². The molecule has 9 heteroatoms. The van der Waals surface area contributed by atoms with Gasteiger partial charge in [0.05, 0.1) is 6.54 Å². The van der Waals surface area contributed by atoms with Crippen molar-refractivity contribution < 1.29 is 4.79 Å². The van der Waals surface area contributed by atoms with Crippen molar-refractivity contribution >= 4 is 18.3 Å². The molecule has 1 aliphatic heterocycles. The summed E-state index contributed by atoms with van der Waals surface area (Å²) >= 11 is 0. The molecule has 0 aliphatic carbocycles. The molecular weight excluding hydrogens is 322 g/mol. The summed E-state index contributed by atoms with van der Waals surface area (Å²) in [6.45, 7) is 3.72. The third kappa shape index (κ3) is 4.66. The Balaban J connectivity index is 0.00000264. The van der Waals surface area contributed by atoms with E-state index in [1.165, 1.54) is 17.7 Å². The van der Waals surface area contributed by atoms with Crippen LogP contribution in [0, 0.1) is 0 Å². The lowest BCUT2D eigenvalue weighted by molar-refractivity contribution is -0.132. The number of likely N-dealkylation sites (N-methyl/N-ethyl adjacent to an activating group) is 1. The first kappa shape index (κ1) is 19.4. The van der Waals surface area contributed by atoms with E-state index in [2.05, 4.69) is 5.32 Å². The highest BCUT2D eigenvalue weighted by Crippen LogP contribution is 2.00. The molecular formula is C14H24ClN5O3. The number of rotatable bonds is 4. The van der Waals surface area contributed by atoms with Gasteiger partial charge in [0.15, 0.2) is 0 Å². The van der Waals surface area contributed by atoms with Crippen LogP contribution < -0.4 is 16.6 Å². The molecule has 130 valence electrons. The Kier molecular flexibility index (Phi) is 6.99. The van der Waals surface area contributed by atoms with Gasteiger partial charge in [0, 0.05) is 58.6 Å². The Morgan fingerprint density at radius 3 is 2.43 bits per heavy atom. The van der Waals surface area contributed by atoms with E-state index in [-0.39, 0.29) is 36.1 Å². The molecule has 0 radical (unpaired) electrons. The second kappa shape index (κ2) is 8.28. The zero-order chi connectivity index (χ0) is 16.3. The fraction of sp³-hybridized carbons (Fsp3) is 0.643. The first-order valence-electron chi connectivity index (χ1n) is 7.33. The van der Waals surface area contributed by atoms with Crippen molar-refractivity contribution in [1.29, 1.82) is 0 Å². The molecule has 1 amide bonds. The van der Waals surface area contributed by atoms with Crippen molar-refractivity contribution in [2.45, 2.75) is 6.54 Å². The molecule has 0 aromatic carbocycles. The van der Waals surface area contributed by atoms with Gasteiger partial charge in [-0.3, -0.25) is 23.6 Å². The molecule has 0 saturated carbocycles. The Morgan fingerprint density at radius 2 is 1.83 bits per heavy atom. The van der Waals surface area contributed by atoms with Crippen LogP contribution in [-0.2, 0) is 25.4 Å². The number of halogens is 1. The van der Waals surface area contributed by atoms with Gasteiger partial charge in [0.25, 0.3) is 5.56 Å². The van der Waals surface area contributed by atoms with E-state index in [1.807, 2.05) is 16.8 Å². The lowest BCUT2D eigenvalue weighted by Gasteiger charge is -2.29. The van der Waals surface area contributed by atoms with Gasteiger partial charge in [0.1, 0.15) is 0 Å². The normalized spacial score (nSPS) is 14.7. The van der Waals surface area contributed by atoms with Crippen molar-refractivity contribution in [2.75, 3.05) is 39.8 Å². The van der Waals surface area contributed by atoms with Gasteiger partial charge < -0.3 is 10.2 Å². The van der Waals surface area contributed by atoms with E-state index in [1.54, 1.807) is 7.05 Å². The maximum Gasteiger partial charge on any atom is 0.330 e. The summed E-state index contributed by atoms with van der Waals surface area (Å²) in [6.07, 6.45) is 0. The molecule has 2 heterocycles. The topological polar surface area (TPSA) is 79.6 Å². The molecule has 0 spiro atoms. The Hall–Kier alpha value is -1.64. The molecule has 0 atom stereocenters. The monoisotopic (exact) mass is 345 g/mol. The Morgan fingerprint density at radius 1 is 1.22 bits per heavy atom. The van der Waals surface area contributed by atoms with E-state index in [9.17, 15) is 14.4 Å². The third-order valence-corrected chi connectivity index (χ3v) is 3.93. The van der Waals surface area contributed by atoms with Crippen LogP contribution in [-0.4, -0.2) is 64.6 Å². The molecule has 0 unspecified atom stereocenters. The molecule has 1 aliphatic rings. The number of amides is 1. The first-order valence-corrected chi connectivity index (χ1v) is 7.33. The summed E-state index contributed by atoms with van der Waals surface area (Å²) < 4.78 is 2.50. The third-order valence-electron chi connectivity index (χ3n) is 3.93. The van der Waals surface area contributed by atoms with E-state index in [0.29, 0.717) is 12.2 Å². The minimum Gasteiger partial charge on any atom is -0.339 e. The zero-order valence-electron chi connectivity index (χ0n) is 13.7. The van der Waals surface area contributed by atoms with Crippen LogP contribution in [0.3, 0.4) is 0 Å². The molecule has 1 N–H and O–H groups in total. The van der Waals surface area contributed by atoms with Gasteiger partial charge in [-0.15, -0.1) is 12.4 Å². The standard InChI is InChI=1S/C14H23N5O3.ClH/c1-16(10-13(21)19-6-4-15-5-7-19)9-11-8-12(20)18(3)14(22)17(11)2;/h8,15H,4-7,9-10H2,1-3H3;1H. The quantitative estimate of drug-likeness (QED) is 0.709. The summed E-state index contributed by atoms with van der Waals surface area (Å²) in [5.74, 6) is 0.0674. The predicted octanol–water partition coefficient (Wildman–Crippen LogP) is -1.63. The van der Waals surface area contributed by atoms with Crippen LogP contribution >= 0.6 is 12.4 Å². The van der Waals surface area contributed by atoms with Gasteiger partial charge in [0.2, 0.25) is 5.91 Å². The van der Waals surface area contributed by atoms with Gasteiger partial charge in [-0.1, -0.05) is 0 Å². The second-order valence-electron chi connectivity index (χ2n) is 5.68. The molecule has 23 heavy (non-hydrogen) atoms. The van der Waals surface area contributed by atoms with E-state index in [0.717, 1.165) is 30.7 Å². The summed E-state index contributed by atoms with van der Waals surface area (Å²) in [7, 11) is 4.89. The number of hydrogen-bond acceptors (Lipinski definition) is 5. The average Bonchev–Trinajstić information content (AvgIpc) is 2.51. The van der Waals surface area contributed by atoms with Gasteiger partial charge in [-0.05, 0) is 7.05 Å². The van der Waals surface area contributed by atoms with Crippen molar-refractivity contribution in [3.63, 3.8) is 0 Å².